The molecule has 4 nitrogen and oxygen atoms in total. The van der Waals surface area contributed by atoms with Gasteiger partial charge in [0.2, 0.25) is 0 Å². The predicted molar refractivity (Wildman–Crippen MR) is 85.1 cm³/mol. The summed E-state index contributed by atoms with van der Waals surface area (Å²) in [5, 5.41) is 13.2. The molecule has 122 valence electrons. The molecule has 2 aromatic rings. The maximum Gasteiger partial charge on any atom is 0.165 e. The lowest BCUT2D eigenvalue weighted by molar-refractivity contribution is 0.169. The summed E-state index contributed by atoms with van der Waals surface area (Å²) in [5.74, 6) is 1.10. The Kier molecular flexibility index (Phi) is 5.10. The normalized spacial score (nSPS) is 15.0. The summed E-state index contributed by atoms with van der Waals surface area (Å²) < 4.78 is 25.0. The van der Waals surface area contributed by atoms with E-state index in [2.05, 4.69) is 5.32 Å². The molecule has 0 saturated carbocycles. The van der Waals surface area contributed by atoms with E-state index in [0.717, 1.165) is 23.5 Å². The molecule has 2 aromatic carbocycles. The summed E-state index contributed by atoms with van der Waals surface area (Å²) in [6.45, 7) is 2.04. The number of hydrogen-bond acceptors (Lipinski definition) is 4. The maximum atomic E-state index is 13.6. The van der Waals surface area contributed by atoms with E-state index in [1.807, 2.05) is 18.2 Å². The Bertz CT molecular complexity index is 662. The largest absolute Gasteiger partial charge is 0.490 e. The summed E-state index contributed by atoms with van der Waals surface area (Å²) in [5.41, 5.74) is 1.26. The smallest absolute Gasteiger partial charge is 0.165 e. The van der Waals surface area contributed by atoms with Crippen molar-refractivity contribution in [2.45, 2.75) is 19.1 Å². The minimum atomic E-state index is -0.893. The van der Waals surface area contributed by atoms with Crippen molar-refractivity contribution >= 4 is 0 Å². The molecule has 0 saturated heterocycles. The van der Waals surface area contributed by atoms with Crippen LogP contribution in [0.4, 0.5) is 4.39 Å². The second-order valence-corrected chi connectivity index (χ2v) is 5.46. The van der Waals surface area contributed by atoms with Crippen LogP contribution in [0.1, 0.15) is 23.7 Å². The SMILES string of the molecule is OC(CNCc1cccc2c1OCCCO2)c1ccccc1F. The van der Waals surface area contributed by atoms with Crippen LogP contribution in [0.25, 0.3) is 0 Å². The van der Waals surface area contributed by atoms with E-state index < -0.39 is 11.9 Å². The van der Waals surface area contributed by atoms with E-state index in [1.54, 1.807) is 18.2 Å². The van der Waals surface area contributed by atoms with Crippen molar-refractivity contribution in [3.05, 3.63) is 59.4 Å². The number of aliphatic hydroxyl groups excluding tert-OH is 1. The van der Waals surface area contributed by atoms with Gasteiger partial charge in [0.25, 0.3) is 0 Å². The van der Waals surface area contributed by atoms with Gasteiger partial charge in [-0.05, 0) is 12.1 Å². The van der Waals surface area contributed by atoms with Crippen molar-refractivity contribution in [1.29, 1.82) is 0 Å². The summed E-state index contributed by atoms with van der Waals surface area (Å²) >= 11 is 0. The lowest BCUT2D eigenvalue weighted by atomic mass is 10.1. The first-order valence-corrected chi connectivity index (χ1v) is 7.76. The van der Waals surface area contributed by atoms with Crippen molar-refractivity contribution in [1.82, 2.24) is 5.32 Å². The Balaban J connectivity index is 1.62. The van der Waals surface area contributed by atoms with Crippen LogP contribution in [0.15, 0.2) is 42.5 Å². The van der Waals surface area contributed by atoms with Gasteiger partial charge in [0.1, 0.15) is 5.82 Å². The van der Waals surface area contributed by atoms with E-state index in [0.29, 0.717) is 25.3 Å². The van der Waals surface area contributed by atoms with E-state index in [-0.39, 0.29) is 6.54 Å². The molecule has 1 unspecified atom stereocenters. The second-order valence-electron chi connectivity index (χ2n) is 5.46. The van der Waals surface area contributed by atoms with Gasteiger partial charge in [-0.3, -0.25) is 0 Å². The van der Waals surface area contributed by atoms with Gasteiger partial charge >= 0.3 is 0 Å². The zero-order valence-corrected chi connectivity index (χ0v) is 12.8. The summed E-state index contributed by atoms with van der Waals surface area (Å²) in [6.07, 6.45) is -0.0382. The Morgan fingerprint density at radius 1 is 1.09 bits per heavy atom. The van der Waals surface area contributed by atoms with Crippen molar-refractivity contribution < 1.29 is 19.0 Å². The highest BCUT2D eigenvalue weighted by molar-refractivity contribution is 5.47. The topological polar surface area (TPSA) is 50.7 Å². The number of benzene rings is 2. The van der Waals surface area contributed by atoms with Gasteiger partial charge in [0.15, 0.2) is 11.5 Å². The van der Waals surface area contributed by atoms with E-state index in [4.69, 9.17) is 9.47 Å². The van der Waals surface area contributed by atoms with Gasteiger partial charge in [0, 0.05) is 30.6 Å². The van der Waals surface area contributed by atoms with Crippen LogP contribution in [0.5, 0.6) is 11.5 Å². The number of ether oxygens (including phenoxy) is 2. The number of fused-ring (bicyclic) bond motifs is 1. The Hall–Kier alpha value is -2.11. The number of aliphatic hydroxyl groups is 1. The molecule has 1 atom stereocenters. The number of hydrogen-bond donors (Lipinski definition) is 2. The molecule has 2 N–H and O–H groups in total. The monoisotopic (exact) mass is 317 g/mol. The van der Waals surface area contributed by atoms with Crippen LogP contribution in [-0.4, -0.2) is 24.9 Å². The molecule has 0 fully saturated rings. The fourth-order valence-electron chi connectivity index (χ4n) is 2.59. The van der Waals surface area contributed by atoms with Gasteiger partial charge in [-0.25, -0.2) is 4.39 Å². The average Bonchev–Trinajstić information content (AvgIpc) is 2.81. The standard InChI is InChI=1S/C18H20FNO3/c19-15-7-2-1-6-14(15)16(21)12-20-11-13-5-3-8-17-18(13)23-10-4-9-22-17/h1-3,5-8,16,20-21H,4,9-12H2. The third-order valence-corrected chi connectivity index (χ3v) is 3.77. The molecule has 0 aliphatic carbocycles. The highest BCUT2D eigenvalue weighted by atomic mass is 19.1. The lowest BCUT2D eigenvalue weighted by Crippen LogP contribution is -2.22. The van der Waals surface area contributed by atoms with Crippen molar-refractivity contribution in [3.63, 3.8) is 0 Å². The highest BCUT2D eigenvalue weighted by Crippen LogP contribution is 2.33. The Morgan fingerprint density at radius 2 is 1.91 bits per heavy atom. The van der Waals surface area contributed by atoms with Crippen LogP contribution in [0, 0.1) is 5.82 Å². The first-order chi connectivity index (χ1) is 11.3. The van der Waals surface area contributed by atoms with Crippen molar-refractivity contribution in [2.75, 3.05) is 19.8 Å². The number of rotatable bonds is 5. The minimum Gasteiger partial charge on any atom is -0.490 e. The van der Waals surface area contributed by atoms with Gasteiger partial charge in [-0.2, -0.15) is 0 Å². The molecule has 0 amide bonds. The summed E-state index contributed by atoms with van der Waals surface area (Å²) in [7, 11) is 0. The van der Waals surface area contributed by atoms with Gasteiger partial charge in [-0.1, -0.05) is 30.3 Å². The molecule has 1 aliphatic heterocycles. The summed E-state index contributed by atoms with van der Waals surface area (Å²) in [4.78, 5) is 0. The molecule has 1 heterocycles. The van der Waals surface area contributed by atoms with E-state index in [1.165, 1.54) is 6.07 Å². The summed E-state index contributed by atoms with van der Waals surface area (Å²) in [6, 6.07) is 12.0. The van der Waals surface area contributed by atoms with E-state index in [9.17, 15) is 9.50 Å². The van der Waals surface area contributed by atoms with Crippen LogP contribution in [0.2, 0.25) is 0 Å². The molecule has 0 bridgehead atoms. The molecular weight excluding hydrogens is 297 g/mol. The molecule has 3 rings (SSSR count). The predicted octanol–water partition coefficient (Wildman–Crippen LogP) is 2.81. The minimum absolute atomic E-state index is 0.255. The molecule has 0 radical (unpaired) electrons. The van der Waals surface area contributed by atoms with Crippen LogP contribution >= 0.6 is 0 Å². The van der Waals surface area contributed by atoms with Crippen molar-refractivity contribution in [3.8, 4) is 11.5 Å². The average molecular weight is 317 g/mol. The molecule has 5 heteroatoms. The fourth-order valence-corrected chi connectivity index (χ4v) is 2.59. The maximum absolute atomic E-state index is 13.6. The Labute approximate surface area is 134 Å². The van der Waals surface area contributed by atoms with Gasteiger partial charge in [0.05, 0.1) is 19.3 Å². The highest BCUT2D eigenvalue weighted by Gasteiger charge is 2.15. The number of halogens is 1. The molecule has 0 aromatic heterocycles. The molecular formula is C18H20FNO3. The zero-order valence-electron chi connectivity index (χ0n) is 12.8. The number of para-hydroxylation sites is 1. The van der Waals surface area contributed by atoms with E-state index >= 15 is 0 Å². The molecule has 0 spiro atoms. The first kappa shape index (κ1) is 15.8. The van der Waals surface area contributed by atoms with Gasteiger partial charge in [-0.15, -0.1) is 0 Å². The third-order valence-electron chi connectivity index (χ3n) is 3.77. The van der Waals surface area contributed by atoms with Crippen molar-refractivity contribution in [2.24, 2.45) is 0 Å². The molecule has 23 heavy (non-hydrogen) atoms. The number of nitrogens with one attached hydrogen (secondary N) is 1. The Morgan fingerprint density at radius 3 is 2.78 bits per heavy atom. The lowest BCUT2D eigenvalue weighted by Gasteiger charge is -2.15. The molecule has 1 aliphatic rings. The quantitative estimate of drug-likeness (QED) is 0.890. The fraction of sp³-hybridized carbons (Fsp3) is 0.333. The van der Waals surface area contributed by atoms with Gasteiger partial charge < -0.3 is 19.9 Å². The first-order valence-electron chi connectivity index (χ1n) is 7.76. The van der Waals surface area contributed by atoms with Crippen LogP contribution in [-0.2, 0) is 6.54 Å². The van der Waals surface area contributed by atoms with Crippen LogP contribution < -0.4 is 14.8 Å². The second kappa shape index (κ2) is 7.44. The third kappa shape index (κ3) is 3.81. The van der Waals surface area contributed by atoms with Crippen LogP contribution in [0.3, 0.4) is 0 Å². The zero-order chi connectivity index (χ0) is 16.1.